The van der Waals surface area contributed by atoms with Gasteiger partial charge in [0, 0.05) is 5.69 Å². The quantitative estimate of drug-likeness (QED) is 0.619. The molecule has 1 amide bonds. The number of methoxy groups -OCH3 is 1. The fourth-order valence-electron chi connectivity index (χ4n) is 2.78. The number of anilines is 1. The lowest BCUT2D eigenvalue weighted by molar-refractivity contribution is -0.133. The lowest BCUT2D eigenvalue weighted by Crippen LogP contribution is -2.65. The molecular weight excluding hydrogens is 266 g/mol. The highest BCUT2D eigenvalue weighted by Gasteiger charge is 2.50. The molecular formula is C17H21NO3. The van der Waals surface area contributed by atoms with E-state index in [0.29, 0.717) is 12.8 Å². The van der Waals surface area contributed by atoms with E-state index in [2.05, 4.69) is 13.2 Å². The van der Waals surface area contributed by atoms with Gasteiger partial charge < -0.3 is 14.7 Å². The number of β-lactam (4-membered cyclic amide) rings is 1. The van der Waals surface area contributed by atoms with Crippen LogP contribution in [-0.2, 0) is 4.79 Å². The second-order valence-corrected chi connectivity index (χ2v) is 5.12. The van der Waals surface area contributed by atoms with Crippen LogP contribution in [0.25, 0.3) is 0 Å². The molecule has 1 fully saturated rings. The van der Waals surface area contributed by atoms with Crippen molar-refractivity contribution in [2.75, 3.05) is 12.0 Å². The summed E-state index contributed by atoms with van der Waals surface area (Å²) in [5.41, 5.74) is 0.772. The maximum absolute atomic E-state index is 12.3. The lowest BCUT2D eigenvalue weighted by Gasteiger charge is -2.49. The highest BCUT2D eigenvalue weighted by Crippen LogP contribution is 2.38. The van der Waals surface area contributed by atoms with Gasteiger partial charge in [0.05, 0.1) is 25.2 Å². The molecule has 1 N–H and O–H groups in total. The third-order valence-electron chi connectivity index (χ3n) is 3.84. The van der Waals surface area contributed by atoms with Gasteiger partial charge in [0.15, 0.2) is 0 Å². The topological polar surface area (TPSA) is 49.8 Å². The Labute approximate surface area is 125 Å². The van der Waals surface area contributed by atoms with E-state index in [0.717, 1.165) is 11.4 Å². The molecule has 0 spiro atoms. The molecule has 4 heteroatoms. The minimum atomic E-state index is -0.618. The number of carbonyl (C=O) groups is 1. The van der Waals surface area contributed by atoms with Crippen LogP contribution in [0.4, 0.5) is 5.69 Å². The van der Waals surface area contributed by atoms with Crippen molar-refractivity contribution in [1.82, 2.24) is 0 Å². The van der Waals surface area contributed by atoms with Crippen molar-refractivity contribution in [1.29, 1.82) is 0 Å². The molecule has 0 aromatic heterocycles. The van der Waals surface area contributed by atoms with Gasteiger partial charge in [-0.05, 0) is 37.1 Å². The first-order chi connectivity index (χ1) is 10.1. The van der Waals surface area contributed by atoms with Gasteiger partial charge in [-0.2, -0.15) is 0 Å². The van der Waals surface area contributed by atoms with Crippen LogP contribution in [-0.4, -0.2) is 30.3 Å². The molecule has 0 radical (unpaired) electrons. The summed E-state index contributed by atoms with van der Waals surface area (Å²) in [4.78, 5) is 14.0. The molecule has 1 aromatic carbocycles. The summed E-state index contributed by atoms with van der Waals surface area (Å²) in [7, 11) is 1.60. The summed E-state index contributed by atoms with van der Waals surface area (Å²) in [6, 6.07) is 7.03. The van der Waals surface area contributed by atoms with Gasteiger partial charge in [0.1, 0.15) is 5.75 Å². The first kappa shape index (κ1) is 15.3. The standard InChI is InChI=1S/C17H21NO3/c1-4-6-14-16(15(19)7-5-2)18(17(14)20)12-8-10-13(21-3)11-9-12/h4-5,8-11,14-16,19H,1-2,6-7H2,3H3/t14-,15-,16+/m1/s1. The van der Waals surface area contributed by atoms with Crippen molar-refractivity contribution in [2.24, 2.45) is 5.92 Å². The summed E-state index contributed by atoms with van der Waals surface area (Å²) in [5, 5.41) is 10.3. The zero-order chi connectivity index (χ0) is 15.4. The van der Waals surface area contributed by atoms with Crippen LogP contribution in [0.2, 0.25) is 0 Å². The molecule has 1 aliphatic heterocycles. The van der Waals surface area contributed by atoms with Crippen molar-refractivity contribution in [3.8, 4) is 5.75 Å². The maximum Gasteiger partial charge on any atom is 0.232 e. The number of hydrogen-bond donors (Lipinski definition) is 1. The number of benzene rings is 1. The Morgan fingerprint density at radius 1 is 1.33 bits per heavy atom. The summed E-state index contributed by atoms with van der Waals surface area (Å²) < 4.78 is 5.12. The Balaban J connectivity index is 2.24. The zero-order valence-corrected chi connectivity index (χ0v) is 12.2. The molecule has 2 rings (SSSR count). The highest BCUT2D eigenvalue weighted by molar-refractivity contribution is 6.03. The van der Waals surface area contributed by atoms with Crippen LogP contribution in [0.15, 0.2) is 49.6 Å². The van der Waals surface area contributed by atoms with E-state index >= 15 is 0 Å². The van der Waals surface area contributed by atoms with Crippen molar-refractivity contribution in [2.45, 2.75) is 25.0 Å². The second-order valence-electron chi connectivity index (χ2n) is 5.12. The van der Waals surface area contributed by atoms with Crippen LogP contribution in [0.3, 0.4) is 0 Å². The molecule has 3 atom stereocenters. The lowest BCUT2D eigenvalue weighted by atomic mass is 9.79. The maximum atomic E-state index is 12.3. The summed E-state index contributed by atoms with van der Waals surface area (Å²) in [6.07, 6.45) is 3.81. The van der Waals surface area contributed by atoms with Gasteiger partial charge in [0.25, 0.3) is 0 Å². The van der Waals surface area contributed by atoms with Gasteiger partial charge in [-0.1, -0.05) is 12.2 Å². The monoisotopic (exact) mass is 287 g/mol. The van der Waals surface area contributed by atoms with Gasteiger partial charge in [0.2, 0.25) is 5.91 Å². The number of aliphatic hydroxyl groups is 1. The van der Waals surface area contributed by atoms with Crippen LogP contribution in [0.1, 0.15) is 12.8 Å². The zero-order valence-electron chi connectivity index (χ0n) is 12.2. The molecule has 1 saturated heterocycles. The fourth-order valence-corrected chi connectivity index (χ4v) is 2.78. The first-order valence-electron chi connectivity index (χ1n) is 7.01. The van der Waals surface area contributed by atoms with Gasteiger partial charge in [-0.15, -0.1) is 13.2 Å². The third-order valence-corrected chi connectivity index (χ3v) is 3.84. The first-order valence-corrected chi connectivity index (χ1v) is 7.01. The molecule has 0 saturated carbocycles. The van der Waals surface area contributed by atoms with Crippen LogP contribution >= 0.6 is 0 Å². The van der Waals surface area contributed by atoms with Crippen molar-refractivity contribution in [3.63, 3.8) is 0 Å². The molecule has 0 aliphatic carbocycles. The van der Waals surface area contributed by atoms with E-state index in [1.807, 2.05) is 12.1 Å². The predicted octanol–water partition coefficient (Wildman–Crippen LogP) is 2.54. The van der Waals surface area contributed by atoms with Crippen molar-refractivity contribution < 1.29 is 14.6 Å². The third kappa shape index (κ3) is 2.85. The molecule has 1 heterocycles. The Morgan fingerprint density at radius 3 is 2.52 bits per heavy atom. The number of aliphatic hydroxyl groups excluding tert-OH is 1. The molecule has 1 aliphatic rings. The average Bonchev–Trinajstić information content (AvgIpc) is 2.50. The summed E-state index contributed by atoms with van der Waals surface area (Å²) in [6.45, 7) is 7.34. The van der Waals surface area contributed by atoms with Gasteiger partial charge in [-0.3, -0.25) is 4.79 Å². The molecule has 0 bridgehead atoms. The normalized spacial score (nSPS) is 22.4. The summed E-state index contributed by atoms with van der Waals surface area (Å²) in [5.74, 6) is 0.547. The van der Waals surface area contributed by atoms with Crippen molar-refractivity contribution in [3.05, 3.63) is 49.6 Å². The molecule has 112 valence electrons. The van der Waals surface area contributed by atoms with Crippen molar-refractivity contribution >= 4 is 11.6 Å². The number of amides is 1. The number of nitrogens with zero attached hydrogens (tertiary/aromatic N) is 1. The smallest absolute Gasteiger partial charge is 0.232 e. The van der Waals surface area contributed by atoms with E-state index in [-0.39, 0.29) is 17.9 Å². The van der Waals surface area contributed by atoms with E-state index in [1.54, 1.807) is 36.3 Å². The minimum absolute atomic E-state index is 0.0215. The Hall–Kier alpha value is -2.07. The minimum Gasteiger partial charge on any atom is -0.497 e. The van der Waals surface area contributed by atoms with Crippen LogP contribution < -0.4 is 9.64 Å². The van der Waals surface area contributed by atoms with Crippen LogP contribution in [0.5, 0.6) is 5.75 Å². The Kier molecular flexibility index (Phi) is 4.81. The number of rotatable bonds is 7. The number of hydrogen-bond acceptors (Lipinski definition) is 3. The Bertz CT molecular complexity index is 523. The van der Waals surface area contributed by atoms with E-state index in [9.17, 15) is 9.90 Å². The number of carbonyl (C=O) groups excluding carboxylic acids is 1. The molecule has 21 heavy (non-hydrogen) atoms. The van der Waals surface area contributed by atoms with Gasteiger partial charge >= 0.3 is 0 Å². The molecule has 4 nitrogen and oxygen atoms in total. The summed E-state index contributed by atoms with van der Waals surface area (Å²) >= 11 is 0. The van der Waals surface area contributed by atoms with Gasteiger partial charge in [-0.25, -0.2) is 0 Å². The molecule has 1 aromatic rings. The van der Waals surface area contributed by atoms with Crippen LogP contribution in [0, 0.1) is 5.92 Å². The predicted molar refractivity (Wildman–Crippen MR) is 83.4 cm³/mol. The highest BCUT2D eigenvalue weighted by atomic mass is 16.5. The largest absolute Gasteiger partial charge is 0.497 e. The van der Waals surface area contributed by atoms with E-state index in [1.165, 1.54) is 0 Å². The average molecular weight is 287 g/mol. The SMILES string of the molecule is C=CC[C@@H](O)[C@@H]1[C@@H](CC=C)C(=O)N1c1ccc(OC)cc1. The van der Waals surface area contributed by atoms with E-state index in [4.69, 9.17) is 4.74 Å². The number of ether oxygens (including phenoxy) is 1. The fraction of sp³-hybridized carbons (Fsp3) is 0.353. The second kappa shape index (κ2) is 6.59. The number of allylic oxidation sites excluding steroid dienone is 1. The Morgan fingerprint density at radius 2 is 2.00 bits per heavy atom. The van der Waals surface area contributed by atoms with E-state index < -0.39 is 6.10 Å². The molecule has 0 unspecified atom stereocenters.